The fourth-order valence-corrected chi connectivity index (χ4v) is 5.79. The Morgan fingerprint density at radius 3 is 2.85 bits per heavy atom. The van der Waals surface area contributed by atoms with E-state index in [-0.39, 0.29) is 22.9 Å². The summed E-state index contributed by atoms with van der Waals surface area (Å²) in [6, 6.07) is 14.3. The summed E-state index contributed by atoms with van der Waals surface area (Å²) < 4.78 is 21.8. The van der Waals surface area contributed by atoms with Crippen LogP contribution in [0.4, 0.5) is 4.39 Å². The molecule has 1 unspecified atom stereocenters. The van der Waals surface area contributed by atoms with Gasteiger partial charge in [0.1, 0.15) is 17.0 Å². The first-order valence-electron chi connectivity index (χ1n) is 11.7. The van der Waals surface area contributed by atoms with Crippen molar-refractivity contribution >= 4 is 12.0 Å². The SMILES string of the molecule is CCNC(=O)c1ccccc1CC[C@]12CCC3=Cc4c(cnn4-c4ccc(F)cc4)CC31O2. The number of aromatic nitrogens is 2. The van der Waals surface area contributed by atoms with Crippen LogP contribution in [0.3, 0.4) is 0 Å². The van der Waals surface area contributed by atoms with Crippen molar-refractivity contribution in [1.29, 1.82) is 0 Å². The van der Waals surface area contributed by atoms with E-state index >= 15 is 0 Å². The molecule has 6 heteroatoms. The highest BCUT2D eigenvalue weighted by atomic mass is 19.1. The van der Waals surface area contributed by atoms with Gasteiger partial charge in [-0.3, -0.25) is 4.79 Å². The fourth-order valence-electron chi connectivity index (χ4n) is 5.79. The number of ether oxygens (including phenoxy) is 1. The van der Waals surface area contributed by atoms with E-state index in [1.807, 2.05) is 42.1 Å². The first-order valence-corrected chi connectivity index (χ1v) is 11.7. The van der Waals surface area contributed by atoms with Gasteiger partial charge in [-0.25, -0.2) is 9.07 Å². The lowest BCUT2D eigenvalue weighted by molar-refractivity contribution is 0.0954. The summed E-state index contributed by atoms with van der Waals surface area (Å²) in [5.74, 6) is -0.266. The van der Waals surface area contributed by atoms with Crippen molar-refractivity contribution in [1.82, 2.24) is 15.1 Å². The van der Waals surface area contributed by atoms with E-state index in [0.29, 0.717) is 6.54 Å². The zero-order valence-corrected chi connectivity index (χ0v) is 18.6. The van der Waals surface area contributed by atoms with Gasteiger partial charge in [-0.1, -0.05) is 18.2 Å². The summed E-state index contributed by atoms with van der Waals surface area (Å²) in [7, 11) is 0. The minimum atomic E-state index is -0.252. The molecule has 6 rings (SSSR count). The normalized spacial score (nSPS) is 24.5. The molecule has 33 heavy (non-hydrogen) atoms. The molecule has 2 fully saturated rings. The van der Waals surface area contributed by atoms with Gasteiger partial charge in [0.25, 0.3) is 5.91 Å². The molecule has 168 valence electrons. The quantitative estimate of drug-likeness (QED) is 0.565. The molecule has 1 spiro atoms. The number of carbonyl (C=O) groups is 1. The van der Waals surface area contributed by atoms with Crippen LogP contribution in [0.25, 0.3) is 11.8 Å². The van der Waals surface area contributed by atoms with Gasteiger partial charge in [0.15, 0.2) is 0 Å². The number of epoxide rings is 1. The Labute approximate surface area is 192 Å². The highest BCUT2D eigenvalue weighted by molar-refractivity contribution is 5.95. The molecule has 3 aromatic rings. The molecule has 1 saturated heterocycles. The van der Waals surface area contributed by atoms with E-state index in [2.05, 4.69) is 16.5 Å². The Morgan fingerprint density at radius 1 is 1.21 bits per heavy atom. The largest absolute Gasteiger partial charge is 0.357 e. The van der Waals surface area contributed by atoms with E-state index in [1.165, 1.54) is 17.7 Å². The molecule has 2 aromatic carbocycles. The molecule has 2 atom stereocenters. The van der Waals surface area contributed by atoms with Gasteiger partial charge in [0.2, 0.25) is 0 Å². The molecule has 0 radical (unpaired) electrons. The monoisotopic (exact) mass is 443 g/mol. The Bertz CT molecular complexity index is 1280. The van der Waals surface area contributed by atoms with Crippen LogP contribution in [0.2, 0.25) is 0 Å². The number of rotatable bonds is 6. The third-order valence-electron chi connectivity index (χ3n) is 7.49. The van der Waals surface area contributed by atoms with Crippen molar-refractivity contribution in [2.75, 3.05) is 6.54 Å². The lowest BCUT2D eigenvalue weighted by Crippen LogP contribution is -2.28. The van der Waals surface area contributed by atoms with Gasteiger partial charge in [0.05, 0.1) is 17.6 Å². The first kappa shape index (κ1) is 20.4. The van der Waals surface area contributed by atoms with Gasteiger partial charge in [-0.15, -0.1) is 0 Å². The number of carbonyl (C=O) groups excluding carboxylic acids is 1. The molecule has 2 heterocycles. The zero-order chi connectivity index (χ0) is 22.6. The van der Waals surface area contributed by atoms with E-state index in [1.54, 1.807) is 12.1 Å². The van der Waals surface area contributed by atoms with Gasteiger partial charge in [0, 0.05) is 24.1 Å². The Hall–Kier alpha value is -3.25. The van der Waals surface area contributed by atoms with Gasteiger partial charge in [-0.2, -0.15) is 5.10 Å². The Kier molecular flexibility index (Phi) is 4.56. The van der Waals surface area contributed by atoms with Crippen LogP contribution in [0.1, 0.15) is 53.4 Å². The zero-order valence-electron chi connectivity index (χ0n) is 18.6. The Morgan fingerprint density at radius 2 is 2.03 bits per heavy atom. The summed E-state index contributed by atoms with van der Waals surface area (Å²) in [5, 5.41) is 7.50. The van der Waals surface area contributed by atoms with Gasteiger partial charge < -0.3 is 10.1 Å². The highest BCUT2D eigenvalue weighted by Gasteiger charge is 2.74. The van der Waals surface area contributed by atoms with Gasteiger partial charge >= 0.3 is 0 Å². The molecule has 0 bridgehead atoms. The maximum absolute atomic E-state index is 13.4. The predicted octanol–water partition coefficient (Wildman–Crippen LogP) is 4.64. The van der Waals surface area contributed by atoms with Crippen LogP contribution >= 0.6 is 0 Å². The Balaban J connectivity index is 1.24. The van der Waals surface area contributed by atoms with E-state index in [0.717, 1.165) is 60.2 Å². The van der Waals surface area contributed by atoms with Crippen LogP contribution in [-0.2, 0) is 17.6 Å². The molecule has 1 N–H and O–H groups in total. The molecular formula is C27H26FN3O2. The molecule has 1 amide bonds. The van der Waals surface area contributed by atoms with E-state index in [4.69, 9.17) is 4.74 Å². The average Bonchev–Trinajstić information content (AvgIpc) is 3.09. The molecule has 1 aromatic heterocycles. The molecular weight excluding hydrogens is 417 g/mol. The number of amides is 1. The van der Waals surface area contributed by atoms with Crippen LogP contribution in [0.5, 0.6) is 0 Å². The standard InChI is InChI=1S/C27H26FN3O2/c1-2-29-25(32)23-6-4-3-5-18(23)11-13-26-14-12-20-15-24-19(16-27(20,26)33-26)17-30-31(24)22-9-7-21(28)8-10-22/h3-10,15,17H,2,11-14,16H2,1H3,(H,29,32)/t26-,27?/m0/s1. The van der Waals surface area contributed by atoms with Crippen molar-refractivity contribution in [3.05, 3.63) is 88.5 Å². The van der Waals surface area contributed by atoms with E-state index < -0.39 is 0 Å². The summed E-state index contributed by atoms with van der Waals surface area (Å²) in [4.78, 5) is 12.5. The number of benzene rings is 2. The number of nitrogens with one attached hydrogen (secondary N) is 1. The second-order valence-electron chi connectivity index (χ2n) is 9.23. The first-order chi connectivity index (χ1) is 16.1. The average molecular weight is 444 g/mol. The number of halogens is 1. The molecule has 1 aliphatic heterocycles. The number of nitrogens with zero attached hydrogens (tertiary/aromatic N) is 2. The summed E-state index contributed by atoms with van der Waals surface area (Å²) in [5.41, 5.74) is 5.83. The van der Waals surface area contributed by atoms with Crippen LogP contribution in [0.15, 0.2) is 60.3 Å². The van der Waals surface area contributed by atoms with Gasteiger partial charge in [-0.05, 0) is 80.2 Å². The van der Waals surface area contributed by atoms with Crippen LogP contribution in [0, 0.1) is 5.82 Å². The summed E-state index contributed by atoms with van der Waals surface area (Å²) in [6.45, 7) is 2.55. The third kappa shape index (κ3) is 3.08. The predicted molar refractivity (Wildman–Crippen MR) is 124 cm³/mol. The van der Waals surface area contributed by atoms with Crippen LogP contribution in [-0.4, -0.2) is 33.4 Å². The number of fused-ring (bicyclic) bond motifs is 1. The minimum Gasteiger partial charge on any atom is -0.357 e. The smallest absolute Gasteiger partial charge is 0.251 e. The number of hydrogen-bond acceptors (Lipinski definition) is 3. The lowest BCUT2D eigenvalue weighted by Gasteiger charge is -2.20. The van der Waals surface area contributed by atoms with Crippen molar-refractivity contribution in [2.45, 2.75) is 50.2 Å². The summed E-state index contributed by atoms with van der Waals surface area (Å²) >= 11 is 0. The minimum absolute atomic E-state index is 0.0143. The molecule has 2 aliphatic carbocycles. The molecule has 1 saturated carbocycles. The highest BCUT2D eigenvalue weighted by Crippen LogP contribution is 2.67. The summed E-state index contributed by atoms with van der Waals surface area (Å²) in [6.07, 6.45) is 8.66. The molecule has 3 aliphatic rings. The fraction of sp³-hybridized carbons (Fsp3) is 0.333. The number of hydrogen-bond donors (Lipinski definition) is 1. The van der Waals surface area contributed by atoms with E-state index in [9.17, 15) is 9.18 Å². The second-order valence-corrected chi connectivity index (χ2v) is 9.23. The maximum atomic E-state index is 13.4. The van der Waals surface area contributed by atoms with Crippen molar-refractivity contribution in [2.24, 2.45) is 0 Å². The van der Waals surface area contributed by atoms with Crippen molar-refractivity contribution in [3.63, 3.8) is 0 Å². The van der Waals surface area contributed by atoms with Crippen molar-refractivity contribution < 1.29 is 13.9 Å². The van der Waals surface area contributed by atoms with Crippen LogP contribution < -0.4 is 5.32 Å². The second kappa shape index (κ2) is 7.39. The van der Waals surface area contributed by atoms with Crippen molar-refractivity contribution in [3.8, 4) is 5.69 Å². The topological polar surface area (TPSA) is 59.5 Å². The molecule has 5 nitrogen and oxygen atoms in total. The number of aryl methyl sites for hydroxylation is 1. The third-order valence-corrected chi connectivity index (χ3v) is 7.49. The maximum Gasteiger partial charge on any atom is 0.251 e. The lowest BCUT2D eigenvalue weighted by atomic mass is 9.80.